The number of ketones is 1. The van der Waals surface area contributed by atoms with Crippen LogP contribution in [0.4, 0.5) is 4.39 Å². The molecule has 5 heteroatoms. The Morgan fingerprint density at radius 2 is 1.95 bits per heavy atom. The molecule has 0 unspecified atom stereocenters. The fourth-order valence-corrected chi connectivity index (χ4v) is 2.20. The van der Waals surface area contributed by atoms with Crippen molar-refractivity contribution in [2.45, 2.75) is 0 Å². The number of hydrogen-bond acceptors (Lipinski definition) is 2. The predicted octanol–water partition coefficient (Wildman–Crippen LogP) is 3.59. The molecule has 0 aliphatic rings. The molecule has 19 heavy (non-hydrogen) atoms. The highest BCUT2D eigenvalue weighted by atomic mass is 35.5. The third-order valence-corrected chi connectivity index (χ3v) is 3.19. The van der Waals surface area contributed by atoms with Crippen molar-refractivity contribution < 1.29 is 9.18 Å². The van der Waals surface area contributed by atoms with E-state index >= 15 is 0 Å². The molecule has 0 fully saturated rings. The molecule has 1 aromatic carbocycles. The summed E-state index contributed by atoms with van der Waals surface area (Å²) < 4.78 is 12.9. The van der Waals surface area contributed by atoms with Crippen molar-refractivity contribution in [3.63, 3.8) is 0 Å². The van der Waals surface area contributed by atoms with Gasteiger partial charge in [-0.2, -0.15) is 0 Å². The first-order valence-corrected chi connectivity index (χ1v) is 5.96. The summed E-state index contributed by atoms with van der Waals surface area (Å²) in [7, 11) is 0. The number of pyridine rings is 1. The first-order valence-electron chi connectivity index (χ1n) is 5.58. The molecule has 0 atom stereocenters. The van der Waals surface area contributed by atoms with Crippen LogP contribution in [-0.2, 0) is 0 Å². The van der Waals surface area contributed by atoms with Gasteiger partial charge in [0.05, 0.1) is 10.6 Å². The molecule has 3 nitrogen and oxygen atoms in total. The Bertz CT molecular complexity index is 765. The number of carbonyl (C=O) groups is 1. The zero-order valence-corrected chi connectivity index (χ0v) is 10.4. The SMILES string of the molecule is O=C(c1ccc(F)cc1)c1c[nH]c2nccc(Cl)c12. The van der Waals surface area contributed by atoms with E-state index in [0.29, 0.717) is 27.2 Å². The third kappa shape index (κ3) is 2.00. The van der Waals surface area contributed by atoms with E-state index in [-0.39, 0.29) is 11.6 Å². The maximum absolute atomic E-state index is 12.9. The second-order valence-corrected chi connectivity index (χ2v) is 4.46. The van der Waals surface area contributed by atoms with Gasteiger partial charge in [-0.05, 0) is 30.3 Å². The largest absolute Gasteiger partial charge is 0.345 e. The molecule has 2 aromatic heterocycles. The Morgan fingerprint density at radius 1 is 1.21 bits per heavy atom. The van der Waals surface area contributed by atoms with Crippen LogP contribution in [0, 0.1) is 5.82 Å². The monoisotopic (exact) mass is 274 g/mol. The second kappa shape index (κ2) is 4.48. The minimum atomic E-state index is -0.379. The fraction of sp³-hybridized carbons (Fsp3) is 0. The maximum atomic E-state index is 12.9. The highest BCUT2D eigenvalue weighted by Gasteiger charge is 2.16. The molecule has 0 saturated carbocycles. The summed E-state index contributed by atoms with van der Waals surface area (Å²) in [6.45, 7) is 0. The molecule has 0 bridgehead atoms. The van der Waals surface area contributed by atoms with Crippen LogP contribution >= 0.6 is 11.6 Å². The van der Waals surface area contributed by atoms with Gasteiger partial charge in [0.2, 0.25) is 0 Å². The number of hydrogen-bond donors (Lipinski definition) is 1. The van der Waals surface area contributed by atoms with Gasteiger partial charge in [0, 0.05) is 23.3 Å². The minimum Gasteiger partial charge on any atom is -0.345 e. The summed E-state index contributed by atoms with van der Waals surface area (Å²) in [6.07, 6.45) is 3.13. The van der Waals surface area contributed by atoms with Crippen LogP contribution in [0.25, 0.3) is 11.0 Å². The van der Waals surface area contributed by atoms with Crippen LogP contribution in [0.15, 0.2) is 42.7 Å². The average Bonchev–Trinajstić information content (AvgIpc) is 2.84. The number of benzene rings is 1. The third-order valence-electron chi connectivity index (χ3n) is 2.87. The molecule has 0 aliphatic carbocycles. The van der Waals surface area contributed by atoms with Gasteiger partial charge in [0.25, 0.3) is 0 Å². The van der Waals surface area contributed by atoms with E-state index in [0.717, 1.165) is 0 Å². The Hall–Kier alpha value is -2.20. The molecule has 3 rings (SSSR count). The summed E-state index contributed by atoms with van der Waals surface area (Å²) in [5.41, 5.74) is 1.39. The topological polar surface area (TPSA) is 45.8 Å². The van der Waals surface area contributed by atoms with Gasteiger partial charge >= 0.3 is 0 Å². The van der Waals surface area contributed by atoms with Crippen LogP contribution in [0.1, 0.15) is 15.9 Å². The van der Waals surface area contributed by atoms with Crippen molar-refractivity contribution in [3.8, 4) is 0 Å². The van der Waals surface area contributed by atoms with E-state index in [4.69, 9.17) is 11.6 Å². The predicted molar refractivity (Wildman–Crippen MR) is 70.9 cm³/mol. The number of halogens is 2. The van der Waals surface area contributed by atoms with Crippen LogP contribution in [0.2, 0.25) is 5.02 Å². The van der Waals surface area contributed by atoms with E-state index < -0.39 is 0 Å². The standard InChI is InChI=1S/C14H8ClFN2O/c15-11-5-6-17-14-12(11)10(7-18-14)13(19)8-1-3-9(16)4-2-8/h1-7H,(H,17,18). The first kappa shape index (κ1) is 11.9. The summed E-state index contributed by atoms with van der Waals surface area (Å²) in [4.78, 5) is 19.4. The minimum absolute atomic E-state index is 0.221. The van der Waals surface area contributed by atoms with Gasteiger partial charge in [-0.1, -0.05) is 11.6 Å². The molecular weight excluding hydrogens is 267 g/mol. The van der Waals surface area contributed by atoms with E-state index in [1.165, 1.54) is 24.3 Å². The molecule has 94 valence electrons. The Kier molecular flexibility index (Phi) is 2.80. The lowest BCUT2D eigenvalue weighted by molar-refractivity contribution is 0.104. The fourth-order valence-electron chi connectivity index (χ4n) is 1.95. The molecule has 2 heterocycles. The number of fused-ring (bicyclic) bond motifs is 1. The van der Waals surface area contributed by atoms with Crippen LogP contribution in [0.5, 0.6) is 0 Å². The molecule has 0 spiro atoms. The van der Waals surface area contributed by atoms with Crippen molar-refractivity contribution in [2.75, 3.05) is 0 Å². The van der Waals surface area contributed by atoms with Gasteiger partial charge in [-0.15, -0.1) is 0 Å². The Labute approximate surface area is 113 Å². The molecule has 0 amide bonds. The van der Waals surface area contributed by atoms with Gasteiger partial charge in [0.1, 0.15) is 11.5 Å². The number of aromatic amines is 1. The van der Waals surface area contributed by atoms with E-state index in [9.17, 15) is 9.18 Å². The smallest absolute Gasteiger partial charge is 0.195 e. The molecule has 0 radical (unpaired) electrons. The lowest BCUT2D eigenvalue weighted by Gasteiger charge is -2.00. The number of rotatable bonds is 2. The normalized spacial score (nSPS) is 10.8. The molecular formula is C14H8ClFN2O. The maximum Gasteiger partial charge on any atom is 0.195 e. The second-order valence-electron chi connectivity index (χ2n) is 4.05. The Morgan fingerprint density at radius 3 is 2.68 bits per heavy atom. The van der Waals surface area contributed by atoms with E-state index in [2.05, 4.69) is 9.97 Å². The number of carbonyl (C=O) groups excluding carboxylic acids is 1. The van der Waals surface area contributed by atoms with Crippen molar-refractivity contribution in [2.24, 2.45) is 0 Å². The Balaban J connectivity index is 2.14. The highest BCUT2D eigenvalue weighted by molar-refractivity contribution is 6.37. The van der Waals surface area contributed by atoms with E-state index in [1.807, 2.05) is 0 Å². The van der Waals surface area contributed by atoms with Crippen LogP contribution < -0.4 is 0 Å². The number of nitrogens with zero attached hydrogens (tertiary/aromatic N) is 1. The summed E-state index contributed by atoms with van der Waals surface area (Å²) in [6, 6.07) is 7.02. The van der Waals surface area contributed by atoms with Gasteiger partial charge in [-0.25, -0.2) is 9.37 Å². The van der Waals surface area contributed by atoms with Gasteiger partial charge in [0.15, 0.2) is 5.78 Å². The average molecular weight is 275 g/mol. The van der Waals surface area contributed by atoms with Gasteiger partial charge < -0.3 is 4.98 Å². The summed E-state index contributed by atoms with van der Waals surface area (Å²) >= 11 is 6.09. The zero-order valence-electron chi connectivity index (χ0n) is 9.65. The van der Waals surface area contributed by atoms with Crippen molar-refractivity contribution in [1.29, 1.82) is 0 Å². The summed E-state index contributed by atoms with van der Waals surface area (Å²) in [5.74, 6) is -0.601. The number of aromatic nitrogens is 2. The highest BCUT2D eigenvalue weighted by Crippen LogP contribution is 2.26. The quantitative estimate of drug-likeness (QED) is 0.726. The molecule has 1 N–H and O–H groups in total. The van der Waals surface area contributed by atoms with Crippen molar-refractivity contribution >= 4 is 28.4 Å². The number of nitrogens with one attached hydrogen (secondary N) is 1. The van der Waals surface area contributed by atoms with Gasteiger partial charge in [-0.3, -0.25) is 4.79 Å². The van der Waals surface area contributed by atoms with Crippen molar-refractivity contribution in [1.82, 2.24) is 9.97 Å². The van der Waals surface area contributed by atoms with Crippen LogP contribution in [0.3, 0.4) is 0 Å². The van der Waals surface area contributed by atoms with Crippen LogP contribution in [-0.4, -0.2) is 15.8 Å². The lowest BCUT2D eigenvalue weighted by Crippen LogP contribution is -2.00. The number of H-pyrrole nitrogens is 1. The molecule has 3 aromatic rings. The first-order chi connectivity index (χ1) is 9.16. The lowest BCUT2D eigenvalue weighted by atomic mass is 10.0. The van der Waals surface area contributed by atoms with Crippen molar-refractivity contribution in [3.05, 3.63) is 64.7 Å². The molecule has 0 saturated heterocycles. The summed E-state index contributed by atoms with van der Waals surface area (Å²) in [5, 5.41) is 1.04. The van der Waals surface area contributed by atoms with E-state index in [1.54, 1.807) is 18.5 Å². The zero-order chi connectivity index (χ0) is 13.4. The molecule has 0 aliphatic heterocycles.